The molecule has 4 rings (SSSR count). The summed E-state index contributed by atoms with van der Waals surface area (Å²) in [6, 6.07) is 17.4. The van der Waals surface area contributed by atoms with E-state index in [1.54, 1.807) is 6.07 Å². The summed E-state index contributed by atoms with van der Waals surface area (Å²) < 4.78 is 11.4. The molecule has 0 unspecified atom stereocenters. The third kappa shape index (κ3) is 1.94. The van der Waals surface area contributed by atoms with Crippen molar-refractivity contribution in [3.05, 3.63) is 88.0 Å². The van der Waals surface area contributed by atoms with Crippen LogP contribution in [0.1, 0.15) is 24.0 Å². The zero-order chi connectivity index (χ0) is 15.1. The van der Waals surface area contributed by atoms with Gasteiger partial charge in [-0.1, -0.05) is 42.5 Å². The molecule has 2 aromatic carbocycles. The lowest BCUT2D eigenvalue weighted by Gasteiger charge is -2.23. The van der Waals surface area contributed by atoms with Crippen molar-refractivity contribution < 1.29 is 9.15 Å². The van der Waals surface area contributed by atoms with Crippen molar-refractivity contribution in [3.8, 4) is 5.75 Å². The summed E-state index contributed by atoms with van der Waals surface area (Å²) in [6.07, 6.45) is 1.96. The molecule has 1 aliphatic rings. The monoisotopic (exact) mass is 290 g/mol. The van der Waals surface area contributed by atoms with Gasteiger partial charge in [0.15, 0.2) is 0 Å². The third-order valence-electron chi connectivity index (χ3n) is 3.93. The molecular weight excluding hydrogens is 276 g/mol. The van der Waals surface area contributed by atoms with Crippen LogP contribution in [0.25, 0.3) is 11.0 Å². The molecule has 0 saturated carbocycles. The normalized spacial score (nSPS) is 16.8. The van der Waals surface area contributed by atoms with E-state index in [1.807, 2.05) is 61.5 Å². The standard InChI is InChI=1S/C19H14O3/c1-12-11-15(13-7-3-2-4-8-13)17-18(21-12)14-9-5-6-10-16(14)22-19(17)20/h2-11,15H,1H3/t15-/m1/s1. The molecule has 0 spiro atoms. The van der Waals surface area contributed by atoms with Crippen molar-refractivity contribution in [1.82, 2.24) is 0 Å². The zero-order valence-electron chi connectivity index (χ0n) is 12.1. The van der Waals surface area contributed by atoms with E-state index in [9.17, 15) is 4.79 Å². The second kappa shape index (κ2) is 4.88. The largest absolute Gasteiger partial charge is 0.461 e. The van der Waals surface area contributed by atoms with Crippen LogP contribution in [0.3, 0.4) is 0 Å². The topological polar surface area (TPSA) is 39.4 Å². The summed E-state index contributed by atoms with van der Waals surface area (Å²) in [4.78, 5) is 12.5. The van der Waals surface area contributed by atoms with Gasteiger partial charge in [-0.2, -0.15) is 0 Å². The van der Waals surface area contributed by atoms with Crippen LogP contribution in [0.2, 0.25) is 0 Å². The summed E-state index contributed by atoms with van der Waals surface area (Å²) in [6.45, 7) is 1.91. The smallest absolute Gasteiger partial charge is 0.344 e. The Bertz CT molecular complexity index is 936. The van der Waals surface area contributed by atoms with Crippen molar-refractivity contribution in [3.63, 3.8) is 0 Å². The van der Waals surface area contributed by atoms with Crippen molar-refractivity contribution in [2.24, 2.45) is 0 Å². The number of hydrogen-bond donors (Lipinski definition) is 0. The summed E-state index contributed by atoms with van der Waals surface area (Å²) in [5.41, 5.74) is 1.82. The van der Waals surface area contributed by atoms with Crippen LogP contribution in [0.15, 0.2) is 75.6 Å². The second-order valence-electron chi connectivity index (χ2n) is 5.40. The Morgan fingerprint density at radius 3 is 2.50 bits per heavy atom. The predicted molar refractivity (Wildman–Crippen MR) is 85.2 cm³/mol. The molecule has 22 heavy (non-hydrogen) atoms. The Labute approximate surface area is 127 Å². The van der Waals surface area contributed by atoms with Crippen LogP contribution >= 0.6 is 0 Å². The molecule has 108 valence electrons. The first kappa shape index (κ1) is 12.9. The maximum atomic E-state index is 12.5. The van der Waals surface area contributed by atoms with Crippen LogP contribution in [0, 0.1) is 0 Å². The minimum atomic E-state index is -0.341. The van der Waals surface area contributed by atoms with Crippen LogP contribution in [-0.4, -0.2) is 0 Å². The fraction of sp³-hybridized carbons (Fsp3) is 0.105. The number of allylic oxidation sites excluding steroid dienone is 2. The Morgan fingerprint density at radius 2 is 1.68 bits per heavy atom. The van der Waals surface area contributed by atoms with Gasteiger partial charge in [0, 0.05) is 5.92 Å². The lowest BCUT2D eigenvalue weighted by molar-refractivity contribution is 0.401. The molecule has 0 amide bonds. The van der Waals surface area contributed by atoms with E-state index in [0.717, 1.165) is 16.7 Å². The fourth-order valence-electron chi connectivity index (χ4n) is 2.95. The number of hydrogen-bond acceptors (Lipinski definition) is 3. The molecule has 2 heterocycles. The van der Waals surface area contributed by atoms with E-state index in [-0.39, 0.29) is 11.5 Å². The van der Waals surface area contributed by atoms with Crippen LogP contribution in [0.4, 0.5) is 0 Å². The maximum Gasteiger partial charge on any atom is 0.344 e. The maximum absolute atomic E-state index is 12.5. The molecule has 3 nitrogen and oxygen atoms in total. The molecule has 1 atom stereocenters. The van der Waals surface area contributed by atoms with E-state index in [1.165, 1.54) is 0 Å². The molecule has 0 saturated heterocycles. The molecule has 0 N–H and O–H groups in total. The number of rotatable bonds is 1. The molecule has 0 fully saturated rings. The van der Waals surface area contributed by atoms with Crippen LogP contribution in [0.5, 0.6) is 5.75 Å². The summed E-state index contributed by atoms with van der Waals surface area (Å²) in [5, 5.41) is 0.825. The Hall–Kier alpha value is -2.81. The van der Waals surface area contributed by atoms with Crippen molar-refractivity contribution in [2.45, 2.75) is 12.8 Å². The summed E-state index contributed by atoms with van der Waals surface area (Å²) >= 11 is 0. The molecular formula is C19H14O3. The van der Waals surface area contributed by atoms with E-state index in [0.29, 0.717) is 16.9 Å². The van der Waals surface area contributed by atoms with Crippen LogP contribution < -0.4 is 10.4 Å². The van der Waals surface area contributed by atoms with Gasteiger partial charge in [0.05, 0.1) is 16.7 Å². The number of para-hydroxylation sites is 1. The van der Waals surface area contributed by atoms with Crippen LogP contribution in [-0.2, 0) is 0 Å². The highest BCUT2D eigenvalue weighted by Gasteiger charge is 2.28. The molecule has 3 heteroatoms. The average Bonchev–Trinajstić information content (AvgIpc) is 2.55. The highest BCUT2D eigenvalue weighted by atomic mass is 16.5. The first-order chi connectivity index (χ1) is 10.7. The quantitative estimate of drug-likeness (QED) is 0.630. The highest BCUT2D eigenvalue weighted by molar-refractivity contribution is 5.85. The molecule has 1 aromatic heterocycles. The Kier molecular flexibility index (Phi) is 2.86. The van der Waals surface area contributed by atoms with Gasteiger partial charge in [-0.15, -0.1) is 0 Å². The Balaban J connectivity index is 2.05. The van der Waals surface area contributed by atoms with Crippen molar-refractivity contribution >= 4 is 11.0 Å². The van der Waals surface area contributed by atoms with Gasteiger partial charge in [-0.3, -0.25) is 0 Å². The summed E-state index contributed by atoms with van der Waals surface area (Å²) in [7, 11) is 0. The fourth-order valence-corrected chi connectivity index (χ4v) is 2.95. The minimum absolute atomic E-state index is 0.147. The van der Waals surface area contributed by atoms with E-state index >= 15 is 0 Å². The molecule has 1 aliphatic heterocycles. The van der Waals surface area contributed by atoms with Gasteiger partial charge in [0.25, 0.3) is 0 Å². The first-order valence-corrected chi connectivity index (χ1v) is 7.21. The van der Waals surface area contributed by atoms with Crippen molar-refractivity contribution in [2.75, 3.05) is 0 Å². The zero-order valence-corrected chi connectivity index (χ0v) is 12.1. The number of benzene rings is 2. The van der Waals surface area contributed by atoms with Gasteiger partial charge in [-0.05, 0) is 30.7 Å². The molecule has 0 aliphatic carbocycles. The van der Waals surface area contributed by atoms with Gasteiger partial charge >= 0.3 is 5.63 Å². The molecule has 0 radical (unpaired) electrons. The number of ether oxygens (including phenoxy) is 1. The third-order valence-corrected chi connectivity index (χ3v) is 3.93. The lowest BCUT2D eigenvalue weighted by atomic mass is 9.89. The highest BCUT2D eigenvalue weighted by Crippen LogP contribution is 2.40. The van der Waals surface area contributed by atoms with Gasteiger partial charge in [-0.25, -0.2) is 4.79 Å². The Morgan fingerprint density at radius 1 is 0.955 bits per heavy atom. The van der Waals surface area contributed by atoms with Gasteiger partial charge in [0.1, 0.15) is 11.3 Å². The molecule has 3 aromatic rings. The van der Waals surface area contributed by atoms with Gasteiger partial charge in [0.2, 0.25) is 0 Å². The van der Waals surface area contributed by atoms with E-state index in [2.05, 4.69) is 0 Å². The predicted octanol–water partition coefficient (Wildman–Crippen LogP) is 4.22. The summed E-state index contributed by atoms with van der Waals surface area (Å²) in [5.74, 6) is 1.25. The second-order valence-corrected chi connectivity index (χ2v) is 5.40. The van der Waals surface area contributed by atoms with E-state index < -0.39 is 0 Å². The lowest BCUT2D eigenvalue weighted by Crippen LogP contribution is -2.19. The van der Waals surface area contributed by atoms with E-state index in [4.69, 9.17) is 9.15 Å². The molecule has 0 bridgehead atoms. The minimum Gasteiger partial charge on any atom is -0.461 e. The van der Waals surface area contributed by atoms with Crippen molar-refractivity contribution in [1.29, 1.82) is 0 Å². The SMILES string of the molecule is CC1=C[C@H](c2ccccc2)c2c(c3ccccc3oc2=O)O1. The first-order valence-electron chi connectivity index (χ1n) is 7.21. The number of fused-ring (bicyclic) bond motifs is 3. The van der Waals surface area contributed by atoms with Gasteiger partial charge < -0.3 is 9.15 Å². The average molecular weight is 290 g/mol.